The molecule has 7 rings (SSSR count). The van der Waals surface area contributed by atoms with Gasteiger partial charge in [0.15, 0.2) is 16.7 Å². The average molecular weight is 998 g/mol. The molecule has 7 aromatic rings. The largest absolute Gasteiger partial charge is 0.435 e. The Kier molecular flexibility index (Phi) is 12.3. The number of benzene rings is 5. The number of alkyl halides is 15. The van der Waals surface area contributed by atoms with Gasteiger partial charge in [0, 0.05) is 10.8 Å². The molecule has 0 aliphatic carbocycles. The number of hydrogen-bond acceptors (Lipinski definition) is 9. The van der Waals surface area contributed by atoms with E-state index in [4.69, 9.17) is 4.42 Å². The summed E-state index contributed by atoms with van der Waals surface area (Å²) in [5.74, 6) is 0. The molecule has 0 saturated carbocycles. The van der Waals surface area contributed by atoms with Crippen LogP contribution in [0.5, 0.6) is 0 Å². The molecule has 8 nitrogen and oxygen atoms in total. The summed E-state index contributed by atoms with van der Waals surface area (Å²) in [6.07, 6.45) is -26.9. The standard InChI is InChI=1S/C46H14F15N7OS/c47-42(48,49)29-5-22(24-8-32(45(56,57)58)12-33(9-24)46(59,60)61)4-26(10-29)38-39(70-41(68-38)28(18-65)19-66)35-14-37-36(67-40(69-37)27(16-63)17-64)13-34(35)25-2-20(15-62)1-21(3-25)23-6-30(43(50,51)52)11-31(7-23)44(53,54)55/h1-14H/b39-35-. The zero-order valence-corrected chi connectivity index (χ0v) is 34.5. The molecule has 0 unspecified atom stereocenters. The van der Waals surface area contributed by atoms with Crippen LogP contribution in [0, 0.1) is 66.4 Å². The van der Waals surface area contributed by atoms with E-state index in [-0.39, 0.29) is 62.3 Å². The van der Waals surface area contributed by atoms with E-state index in [9.17, 15) is 92.2 Å². The first kappa shape index (κ1) is 49.3. The molecule has 0 fully saturated rings. The van der Waals surface area contributed by atoms with Crippen molar-refractivity contribution in [3.63, 3.8) is 0 Å². The molecule has 24 heteroatoms. The first-order chi connectivity index (χ1) is 32.6. The first-order valence-corrected chi connectivity index (χ1v) is 19.6. The molecule has 0 atom stereocenters. The minimum absolute atomic E-state index is 0.154. The predicted molar refractivity (Wildman–Crippen MR) is 214 cm³/mol. The van der Waals surface area contributed by atoms with Gasteiger partial charge in [0.2, 0.25) is 5.55 Å². The van der Waals surface area contributed by atoms with Crippen molar-refractivity contribution in [1.29, 1.82) is 26.3 Å². The van der Waals surface area contributed by atoms with Gasteiger partial charge in [0.25, 0.3) is 0 Å². The Morgan fingerprint density at radius 3 is 1.29 bits per heavy atom. The highest BCUT2D eigenvalue weighted by Gasteiger charge is 2.39. The molecule has 0 aliphatic heterocycles. The van der Waals surface area contributed by atoms with Gasteiger partial charge in [0.1, 0.15) is 34.5 Å². The van der Waals surface area contributed by atoms with Crippen LogP contribution in [0.1, 0.15) is 33.4 Å². The highest BCUT2D eigenvalue weighted by atomic mass is 32.1. The van der Waals surface area contributed by atoms with Crippen LogP contribution >= 0.6 is 11.3 Å². The molecular formula is C46H14F15N7OS. The zero-order chi connectivity index (χ0) is 51.5. The number of nitrogens with zero attached hydrogens (tertiary/aromatic N) is 7. The Bertz CT molecular complexity index is 3690. The molecule has 2 aromatic heterocycles. The van der Waals surface area contributed by atoms with Crippen LogP contribution in [-0.4, -0.2) is 9.97 Å². The molecule has 0 amide bonds. The highest BCUT2D eigenvalue weighted by Crippen LogP contribution is 2.43. The molecule has 0 radical (unpaired) electrons. The highest BCUT2D eigenvalue weighted by molar-refractivity contribution is 7.08. The van der Waals surface area contributed by atoms with E-state index in [0.717, 1.165) is 36.4 Å². The summed E-state index contributed by atoms with van der Waals surface area (Å²) in [4.78, 5) is 8.31. The van der Waals surface area contributed by atoms with Crippen LogP contribution in [0.25, 0.3) is 66.9 Å². The number of oxazole rings is 1. The summed E-state index contributed by atoms with van der Waals surface area (Å²) >= 11 is 0.392. The van der Waals surface area contributed by atoms with Crippen molar-refractivity contribution in [3.05, 3.63) is 138 Å². The fraction of sp³-hybridized carbons (Fsp3) is 0.109. The number of halogens is 15. The summed E-state index contributed by atoms with van der Waals surface area (Å²) < 4.78 is 217. The van der Waals surface area contributed by atoms with Crippen molar-refractivity contribution in [2.75, 3.05) is 0 Å². The number of fused-ring (bicyclic) bond motifs is 1. The van der Waals surface area contributed by atoms with Gasteiger partial charge in [-0.25, -0.2) is 9.97 Å². The maximum atomic E-state index is 14.7. The van der Waals surface area contributed by atoms with E-state index in [2.05, 4.69) is 9.97 Å². The second-order valence-electron chi connectivity index (χ2n) is 14.6. The quantitative estimate of drug-likeness (QED) is 0.158. The van der Waals surface area contributed by atoms with Crippen LogP contribution in [0.2, 0.25) is 0 Å². The lowest BCUT2D eigenvalue weighted by Gasteiger charge is -2.16. The summed E-state index contributed by atoms with van der Waals surface area (Å²) in [6.45, 7) is 0. The van der Waals surface area contributed by atoms with Crippen molar-refractivity contribution in [1.82, 2.24) is 9.97 Å². The van der Waals surface area contributed by atoms with E-state index in [0.29, 0.717) is 29.5 Å². The minimum atomic E-state index is -5.45. The van der Waals surface area contributed by atoms with Crippen LogP contribution in [0.3, 0.4) is 0 Å². The normalized spacial score (nSPS) is 12.7. The minimum Gasteiger partial charge on any atom is -0.435 e. The third-order valence-corrected chi connectivity index (χ3v) is 11.1. The molecule has 0 aliphatic rings. The summed E-state index contributed by atoms with van der Waals surface area (Å²) in [6, 6.07) is 14.9. The maximum absolute atomic E-state index is 14.7. The molecule has 0 spiro atoms. The van der Waals surface area contributed by atoms with E-state index < -0.39 is 119 Å². The smallest absolute Gasteiger partial charge is 0.416 e. The number of thiazole rings is 1. The van der Waals surface area contributed by atoms with Gasteiger partial charge < -0.3 is 4.42 Å². The lowest BCUT2D eigenvalue weighted by Crippen LogP contribution is -2.11. The lowest BCUT2D eigenvalue weighted by atomic mass is 9.92. The van der Waals surface area contributed by atoms with Crippen LogP contribution in [-0.2, 0) is 30.9 Å². The zero-order valence-electron chi connectivity index (χ0n) is 33.7. The third-order valence-electron chi connectivity index (χ3n) is 10.0. The van der Waals surface area contributed by atoms with Crippen molar-refractivity contribution < 1.29 is 70.3 Å². The second kappa shape index (κ2) is 17.5. The Morgan fingerprint density at radius 1 is 0.443 bits per heavy atom. The van der Waals surface area contributed by atoms with Gasteiger partial charge in [-0.2, -0.15) is 92.2 Å². The molecule has 70 heavy (non-hydrogen) atoms. The number of rotatable bonds is 4. The number of aromatic nitrogens is 2. The van der Waals surface area contributed by atoms with Crippen molar-refractivity contribution in [2.45, 2.75) is 30.9 Å². The molecule has 0 bridgehead atoms. The SMILES string of the molecule is N#CC(C#N)=c1nc2cc(-c3cc(C#N)cc(-c4cc(C(F)(F)F)cc(C(F)(F)F)c4)c3)/c(=c3\sc(=C(C#N)C#N)nc3-c3cc(-c4cc(C(F)(F)F)cc(C(F)(F)F)c4)cc(C(F)(F)F)c3)cc2o1. The van der Waals surface area contributed by atoms with Crippen molar-refractivity contribution in [2.24, 2.45) is 0 Å². The van der Waals surface area contributed by atoms with Crippen LogP contribution in [0.15, 0.2) is 89.3 Å². The molecule has 2 heterocycles. The average Bonchev–Trinajstić information content (AvgIpc) is 3.92. The molecule has 5 aromatic carbocycles. The van der Waals surface area contributed by atoms with E-state index in [1.54, 1.807) is 6.07 Å². The van der Waals surface area contributed by atoms with Gasteiger partial charge in [0.05, 0.1) is 49.7 Å². The van der Waals surface area contributed by atoms with Crippen molar-refractivity contribution in [3.8, 4) is 75.0 Å². The number of nitriles is 5. The van der Waals surface area contributed by atoms with Gasteiger partial charge in [-0.3, -0.25) is 0 Å². The van der Waals surface area contributed by atoms with Crippen LogP contribution < -0.4 is 10.2 Å². The fourth-order valence-corrected chi connectivity index (χ4v) is 7.97. The molecule has 0 N–H and O–H groups in total. The lowest BCUT2D eigenvalue weighted by molar-refractivity contribution is -0.144. The van der Waals surface area contributed by atoms with Gasteiger partial charge in [-0.1, -0.05) is 0 Å². The summed E-state index contributed by atoms with van der Waals surface area (Å²) in [5, 5.41) is 48.5. The first-order valence-electron chi connectivity index (χ1n) is 18.7. The summed E-state index contributed by atoms with van der Waals surface area (Å²) in [7, 11) is 0. The molecule has 350 valence electrons. The van der Waals surface area contributed by atoms with Gasteiger partial charge >= 0.3 is 30.9 Å². The second-order valence-corrected chi connectivity index (χ2v) is 15.6. The maximum Gasteiger partial charge on any atom is 0.416 e. The molecular weight excluding hydrogens is 984 g/mol. The van der Waals surface area contributed by atoms with E-state index in [1.165, 1.54) is 24.3 Å². The fourth-order valence-electron chi connectivity index (χ4n) is 6.91. The predicted octanol–water partition coefficient (Wildman–Crippen LogP) is 12.6. The Labute approximate surface area is 383 Å². The van der Waals surface area contributed by atoms with Crippen molar-refractivity contribution >= 4 is 33.6 Å². The van der Waals surface area contributed by atoms with Gasteiger partial charge in [-0.05, 0) is 118 Å². The Hall–Kier alpha value is -8.66. The van der Waals surface area contributed by atoms with Gasteiger partial charge in [-0.15, -0.1) is 11.3 Å². The molecule has 0 saturated heterocycles. The van der Waals surface area contributed by atoms with E-state index >= 15 is 0 Å². The van der Waals surface area contributed by atoms with E-state index in [1.807, 2.05) is 0 Å². The summed E-state index contributed by atoms with van der Waals surface area (Å²) in [5.41, 5.74) is -17.0. The Morgan fingerprint density at radius 2 is 0.843 bits per heavy atom. The number of hydrogen-bond donors (Lipinski definition) is 0. The Balaban J connectivity index is 1.69. The monoisotopic (exact) mass is 997 g/mol. The third kappa shape index (κ3) is 9.83. The topological polar surface area (TPSA) is 158 Å². The van der Waals surface area contributed by atoms with Crippen LogP contribution in [0.4, 0.5) is 65.9 Å².